The lowest BCUT2D eigenvalue weighted by Gasteiger charge is -2.03. The first-order chi connectivity index (χ1) is 11.0. The van der Waals surface area contributed by atoms with Crippen molar-refractivity contribution in [2.24, 2.45) is 0 Å². The molecule has 1 heterocycles. The Morgan fingerprint density at radius 2 is 1.83 bits per heavy atom. The summed E-state index contributed by atoms with van der Waals surface area (Å²) in [5.74, 6) is 0.588. The van der Waals surface area contributed by atoms with Crippen LogP contribution in [0.15, 0.2) is 59.0 Å². The first kappa shape index (κ1) is 16.1. The molecule has 5 heteroatoms. The maximum Gasteiger partial charge on any atom is 0.291 e. The summed E-state index contributed by atoms with van der Waals surface area (Å²) in [5.41, 5.74) is 2.57. The second-order valence-electron chi connectivity index (χ2n) is 5.09. The Bertz CT molecular complexity index is 856. The van der Waals surface area contributed by atoms with E-state index in [1.165, 1.54) is 0 Å². The van der Waals surface area contributed by atoms with Crippen molar-refractivity contribution in [1.29, 1.82) is 0 Å². The lowest BCUT2D eigenvalue weighted by Crippen LogP contribution is -2.10. The maximum absolute atomic E-state index is 12.2. The molecular weight excluding hydrogens is 425 g/mol. The van der Waals surface area contributed by atoms with Gasteiger partial charge in [-0.3, -0.25) is 4.79 Å². The molecule has 3 rings (SSSR count). The summed E-state index contributed by atoms with van der Waals surface area (Å²) in [6, 6.07) is 16.7. The molecule has 0 aliphatic heterocycles. The fourth-order valence-electron chi connectivity index (χ4n) is 2.09. The second kappa shape index (κ2) is 6.76. The number of aryl methyl sites for hydroxylation is 1. The minimum Gasteiger partial charge on any atom is -0.451 e. The highest BCUT2D eigenvalue weighted by atomic mass is 127. The van der Waals surface area contributed by atoms with E-state index in [-0.39, 0.29) is 11.7 Å². The monoisotopic (exact) mass is 437 g/mol. The molecule has 116 valence electrons. The highest BCUT2D eigenvalue weighted by molar-refractivity contribution is 14.1. The molecule has 0 fully saturated rings. The molecule has 1 N–H and O–H groups in total. The van der Waals surface area contributed by atoms with Crippen LogP contribution in [0.4, 0.5) is 5.69 Å². The van der Waals surface area contributed by atoms with Gasteiger partial charge in [-0.15, -0.1) is 0 Å². The van der Waals surface area contributed by atoms with Crippen molar-refractivity contribution in [3.63, 3.8) is 0 Å². The van der Waals surface area contributed by atoms with Gasteiger partial charge >= 0.3 is 0 Å². The number of carbonyl (C=O) groups excluding carboxylic acids is 1. The molecule has 3 aromatic rings. The van der Waals surface area contributed by atoms with Gasteiger partial charge in [-0.25, -0.2) is 0 Å². The molecule has 1 aromatic heterocycles. The van der Waals surface area contributed by atoms with Crippen LogP contribution in [0, 0.1) is 10.5 Å². The molecule has 2 aromatic carbocycles. The van der Waals surface area contributed by atoms with Crippen LogP contribution >= 0.6 is 34.2 Å². The van der Waals surface area contributed by atoms with Gasteiger partial charge in [0.05, 0.1) is 0 Å². The first-order valence-corrected chi connectivity index (χ1v) is 8.42. The van der Waals surface area contributed by atoms with Gasteiger partial charge in [-0.2, -0.15) is 0 Å². The van der Waals surface area contributed by atoms with Gasteiger partial charge in [-0.1, -0.05) is 23.7 Å². The number of rotatable bonds is 3. The minimum absolute atomic E-state index is 0.259. The van der Waals surface area contributed by atoms with Crippen molar-refractivity contribution in [3.05, 3.63) is 74.5 Å². The van der Waals surface area contributed by atoms with Crippen molar-refractivity contribution >= 4 is 45.8 Å². The Morgan fingerprint density at radius 3 is 2.52 bits per heavy atom. The number of amides is 1. The number of anilines is 1. The molecule has 23 heavy (non-hydrogen) atoms. The van der Waals surface area contributed by atoms with Crippen LogP contribution < -0.4 is 5.32 Å². The zero-order valence-electron chi connectivity index (χ0n) is 12.3. The molecule has 0 unspecified atom stereocenters. The van der Waals surface area contributed by atoms with Crippen molar-refractivity contribution in [2.45, 2.75) is 6.92 Å². The summed E-state index contributed by atoms with van der Waals surface area (Å²) >= 11 is 8.35. The predicted octanol–water partition coefficient (Wildman–Crippen LogP) is 5.77. The van der Waals surface area contributed by atoms with E-state index in [1.54, 1.807) is 12.1 Å². The van der Waals surface area contributed by atoms with Gasteiger partial charge in [0.15, 0.2) is 5.76 Å². The summed E-state index contributed by atoms with van der Waals surface area (Å²) in [4.78, 5) is 12.2. The van der Waals surface area contributed by atoms with Crippen LogP contribution in [-0.2, 0) is 0 Å². The highest BCUT2D eigenvalue weighted by Crippen LogP contribution is 2.27. The van der Waals surface area contributed by atoms with E-state index >= 15 is 0 Å². The zero-order chi connectivity index (χ0) is 16.4. The van der Waals surface area contributed by atoms with E-state index in [0.29, 0.717) is 10.8 Å². The Balaban J connectivity index is 1.79. The van der Waals surface area contributed by atoms with E-state index < -0.39 is 0 Å². The fraction of sp³-hybridized carbons (Fsp3) is 0.0556. The molecule has 0 saturated heterocycles. The Morgan fingerprint density at radius 1 is 1.09 bits per heavy atom. The van der Waals surface area contributed by atoms with Gasteiger partial charge in [0.2, 0.25) is 0 Å². The minimum atomic E-state index is -0.282. The van der Waals surface area contributed by atoms with Crippen LogP contribution in [0.1, 0.15) is 16.1 Å². The van der Waals surface area contributed by atoms with Gasteiger partial charge in [0.1, 0.15) is 5.76 Å². The third-order valence-electron chi connectivity index (χ3n) is 3.39. The molecule has 0 aliphatic rings. The van der Waals surface area contributed by atoms with Crippen molar-refractivity contribution in [3.8, 4) is 11.3 Å². The number of halogens is 2. The van der Waals surface area contributed by atoms with Crippen molar-refractivity contribution in [2.75, 3.05) is 5.32 Å². The molecule has 0 bridgehead atoms. The van der Waals surface area contributed by atoms with Crippen LogP contribution in [0.2, 0.25) is 5.02 Å². The van der Waals surface area contributed by atoms with Crippen LogP contribution in [-0.4, -0.2) is 5.91 Å². The third kappa shape index (κ3) is 3.76. The molecule has 3 nitrogen and oxygen atoms in total. The number of carbonyl (C=O) groups is 1. The lowest BCUT2D eigenvalue weighted by molar-refractivity contribution is 0.0997. The largest absolute Gasteiger partial charge is 0.451 e. The number of hydrogen-bond acceptors (Lipinski definition) is 2. The smallest absolute Gasteiger partial charge is 0.291 e. The fourth-order valence-corrected chi connectivity index (χ4v) is 2.63. The average molecular weight is 438 g/mol. The van der Waals surface area contributed by atoms with E-state index in [4.69, 9.17) is 16.0 Å². The van der Waals surface area contributed by atoms with E-state index in [1.807, 2.05) is 49.4 Å². The second-order valence-corrected chi connectivity index (χ2v) is 6.74. The van der Waals surface area contributed by atoms with Crippen molar-refractivity contribution < 1.29 is 9.21 Å². The normalized spacial score (nSPS) is 10.6. The highest BCUT2D eigenvalue weighted by Gasteiger charge is 2.13. The lowest BCUT2D eigenvalue weighted by atomic mass is 10.1. The van der Waals surface area contributed by atoms with E-state index in [2.05, 4.69) is 27.9 Å². The maximum atomic E-state index is 12.2. The summed E-state index contributed by atoms with van der Waals surface area (Å²) in [6.45, 7) is 1.94. The third-order valence-corrected chi connectivity index (χ3v) is 4.51. The Hall–Kier alpha value is -1.79. The van der Waals surface area contributed by atoms with E-state index in [0.717, 1.165) is 20.4 Å². The number of benzene rings is 2. The van der Waals surface area contributed by atoms with Crippen LogP contribution in [0.25, 0.3) is 11.3 Å². The van der Waals surface area contributed by atoms with Gasteiger partial charge in [-0.05, 0) is 77.5 Å². The molecular formula is C18H13ClINO2. The van der Waals surface area contributed by atoms with Crippen molar-refractivity contribution in [1.82, 2.24) is 0 Å². The van der Waals surface area contributed by atoms with Crippen LogP contribution in [0.3, 0.4) is 0 Å². The SMILES string of the molecule is Cc1ccc(-c2ccc(C(=O)Nc3ccc(I)cc3)o2)cc1Cl. The molecule has 0 spiro atoms. The molecule has 1 amide bonds. The molecule has 0 radical (unpaired) electrons. The summed E-state index contributed by atoms with van der Waals surface area (Å²) in [6.07, 6.45) is 0. The Labute approximate surface area is 152 Å². The summed E-state index contributed by atoms with van der Waals surface area (Å²) in [5, 5.41) is 3.48. The standard InChI is InChI=1S/C18H13ClINO2/c1-11-2-3-12(10-15(11)19)16-8-9-17(23-16)18(22)21-14-6-4-13(20)5-7-14/h2-10H,1H3,(H,21,22). The van der Waals surface area contributed by atoms with Gasteiger partial charge in [0, 0.05) is 19.8 Å². The molecule has 0 saturated carbocycles. The number of hydrogen-bond donors (Lipinski definition) is 1. The predicted molar refractivity (Wildman–Crippen MR) is 101 cm³/mol. The quantitative estimate of drug-likeness (QED) is 0.529. The van der Waals surface area contributed by atoms with Gasteiger partial charge in [0.25, 0.3) is 5.91 Å². The number of nitrogens with one attached hydrogen (secondary N) is 1. The van der Waals surface area contributed by atoms with Crippen LogP contribution in [0.5, 0.6) is 0 Å². The topological polar surface area (TPSA) is 42.2 Å². The summed E-state index contributed by atoms with van der Waals surface area (Å²) < 4.78 is 6.76. The molecule has 0 aliphatic carbocycles. The van der Waals surface area contributed by atoms with Gasteiger partial charge < -0.3 is 9.73 Å². The zero-order valence-corrected chi connectivity index (χ0v) is 15.2. The summed E-state index contributed by atoms with van der Waals surface area (Å²) in [7, 11) is 0. The van der Waals surface area contributed by atoms with E-state index in [9.17, 15) is 4.79 Å². The first-order valence-electron chi connectivity index (χ1n) is 6.96. The number of furan rings is 1. The Kier molecular flexibility index (Phi) is 4.73. The average Bonchev–Trinajstić information content (AvgIpc) is 3.02. The molecule has 0 atom stereocenters.